The third-order valence-electron chi connectivity index (χ3n) is 5.57. The summed E-state index contributed by atoms with van der Waals surface area (Å²) in [5.41, 5.74) is 2.70. The number of carbonyl (C=O) groups excluding carboxylic acids is 1. The maximum atomic E-state index is 12.9. The van der Waals surface area contributed by atoms with Crippen molar-refractivity contribution in [1.82, 2.24) is 14.1 Å². The van der Waals surface area contributed by atoms with Crippen LogP contribution in [0, 0.1) is 6.92 Å². The molecule has 1 amide bonds. The van der Waals surface area contributed by atoms with Crippen LogP contribution in [-0.2, 0) is 11.8 Å². The first kappa shape index (κ1) is 20.4. The molecule has 9 heteroatoms. The number of rotatable bonds is 4. The molecule has 3 aromatic rings. The van der Waals surface area contributed by atoms with Crippen molar-refractivity contribution >= 4 is 39.5 Å². The average molecular weight is 431 g/mol. The Morgan fingerprint density at radius 2 is 2.00 bits per heavy atom. The molecule has 4 rings (SSSR count). The number of benzene rings is 1. The molecule has 0 aliphatic carbocycles. The van der Waals surface area contributed by atoms with E-state index in [2.05, 4.69) is 4.98 Å². The van der Waals surface area contributed by atoms with E-state index < -0.39 is 5.37 Å². The minimum absolute atomic E-state index is 0.0353. The molecule has 0 unspecified atom stereocenters. The van der Waals surface area contributed by atoms with Gasteiger partial charge in [0.2, 0.25) is 0 Å². The summed E-state index contributed by atoms with van der Waals surface area (Å²) in [6.07, 6.45) is 3.12. The molecule has 1 aromatic carbocycles. The lowest BCUT2D eigenvalue weighted by molar-refractivity contribution is 0.0696. The number of nitrogens with zero attached hydrogens (tertiary/aromatic N) is 4. The normalized spacial score (nSPS) is 14.8. The van der Waals surface area contributed by atoms with Gasteiger partial charge in [0.25, 0.3) is 0 Å². The van der Waals surface area contributed by atoms with Crippen molar-refractivity contribution in [3.05, 3.63) is 46.5 Å². The van der Waals surface area contributed by atoms with Crippen LogP contribution in [0.4, 0.5) is 16.3 Å². The summed E-state index contributed by atoms with van der Waals surface area (Å²) >= 11 is 5.96. The summed E-state index contributed by atoms with van der Waals surface area (Å²) in [7, 11) is 3.30. The molecule has 3 heterocycles. The van der Waals surface area contributed by atoms with Gasteiger partial charge in [0.1, 0.15) is 11.6 Å². The van der Waals surface area contributed by atoms with E-state index in [0.29, 0.717) is 41.5 Å². The molecule has 158 valence electrons. The third kappa shape index (κ3) is 3.46. The number of carbonyl (C=O) groups is 1. The minimum atomic E-state index is -0.689. The summed E-state index contributed by atoms with van der Waals surface area (Å²) in [5, 5.41) is -0.689. The van der Waals surface area contributed by atoms with E-state index in [0.717, 1.165) is 18.4 Å². The van der Waals surface area contributed by atoms with Crippen molar-refractivity contribution < 1.29 is 14.3 Å². The molecule has 30 heavy (non-hydrogen) atoms. The van der Waals surface area contributed by atoms with Gasteiger partial charge in [-0.05, 0) is 55.1 Å². The van der Waals surface area contributed by atoms with Crippen molar-refractivity contribution in [2.24, 2.45) is 7.05 Å². The van der Waals surface area contributed by atoms with Gasteiger partial charge in [-0.3, -0.25) is 18.8 Å². The number of aromatic nitrogens is 3. The fraction of sp³-hybridized carbons (Fsp3) is 0.381. The fourth-order valence-electron chi connectivity index (χ4n) is 3.98. The van der Waals surface area contributed by atoms with Crippen LogP contribution in [0.15, 0.2) is 35.3 Å². The lowest BCUT2D eigenvalue weighted by atomic mass is 10.1. The highest BCUT2D eigenvalue weighted by Gasteiger charge is 2.25. The topological polar surface area (TPSA) is 78.6 Å². The predicted molar refractivity (Wildman–Crippen MR) is 115 cm³/mol. The molecule has 0 saturated carbocycles. The number of aryl methyl sites for hydroxylation is 2. The summed E-state index contributed by atoms with van der Waals surface area (Å²) in [6.45, 7) is 3.09. The van der Waals surface area contributed by atoms with Crippen LogP contribution in [0.1, 0.15) is 24.4 Å². The molecule has 0 bridgehead atoms. The van der Waals surface area contributed by atoms with Crippen LogP contribution in [0.3, 0.4) is 0 Å². The van der Waals surface area contributed by atoms with Crippen LogP contribution in [0.25, 0.3) is 11.0 Å². The first-order valence-corrected chi connectivity index (χ1v) is 10.1. The van der Waals surface area contributed by atoms with Crippen molar-refractivity contribution in [2.45, 2.75) is 25.8 Å². The number of hydrogen-bond acceptors (Lipinski definition) is 5. The molecule has 1 aliphatic rings. The van der Waals surface area contributed by atoms with Gasteiger partial charge in [-0.15, -0.1) is 0 Å². The molecular formula is C21H23ClN4O4. The first-order chi connectivity index (χ1) is 14.4. The number of halogens is 1. The number of methoxy groups -OCH3 is 1. The van der Waals surface area contributed by atoms with Crippen LogP contribution >= 0.6 is 11.6 Å². The van der Waals surface area contributed by atoms with Crippen LogP contribution in [0.2, 0.25) is 0 Å². The molecule has 2 aromatic heterocycles. The largest absolute Gasteiger partial charge is 0.497 e. The summed E-state index contributed by atoms with van der Waals surface area (Å²) < 4.78 is 14.1. The number of pyridine rings is 1. The van der Waals surface area contributed by atoms with Crippen molar-refractivity contribution in [1.29, 1.82) is 0 Å². The highest BCUT2D eigenvalue weighted by atomic mass is 35.5. The Morgan fingerprint density at radius 3 is 2.63 bits per heavy atom. The van der Waals surface area contributed by atoms with Crippen molar-refractivity contribution in [3.63, 3.8) is 0 Å². The zero-order chi connectivity index (χ0) is 21.4. The van der Waals surface area contributed by atoms with Crippen LogP contribution < -0.4 is 15.3 Å². The van der Waals surface area contributed by atoms with Gasteiger partial charge in [-0.25, -0.2) is 9.78 Å². The Morgan fingerprint density at radius 1 is 1.27 bits per heavy atom. The molecule has 0 N–H and O–H groups in total. The maximum absolute atomic E-state index is 12.9. The molecule has 0 atom stereocenters. The van der Waals surface area contributed by atoms with E-state index in [1.165, 1.54) is 4.90 Å². The predicted octanol–water partition coefficient (Wildman–Crippen LogP) is 3.90. The zero-order valence-electron chi connectivity index (χ0n) is 17.1. The molecule has 1 aliphatic heterocycles. The van der Waals surface area contributed by atoms with Gasteiger partial charge in [0.05, 0.1) is 30.0 Å². The quantitative estimate of drug-likeness (QED) is 0.463. The van der Waals surface area contributed by atoms with Gasteiger partial charge in [0, 0.05) is 32.4 Å². The van der Waals surface area contributed by atoms with Gasteiger partial charge in [-0.2, -0.15) is 0 Å². The van der Waals surface area contributed by atoms with E-state index in [-0.39, 0.29) is 11.7 Å². The molecular weight excluding hydrogens is 408 g/mol. The molecule has 1 fully saturated rings. The van der Waals surface area contributed by atoms with E-state index >= 15 is 0 Å². The lowest BCUT2D eigenvalue weighted by Gasteiger charge is -2.24. The van der Waals surface area contributed by atoms with Crippen LogP contribution in [-0.4, -0.2) is 39.8 Å². The highest BCUT2D eigenvalue weighted by molar-refractivity contribution is 6.66. The molecule has 0 radical (unpaired) electrons. The maximum Gasteiger partial charge on any atom is 0.329 e. The van der Waals surface area contributed by atoms with E-state index in [9.17, 15) is 9.59 Å². The van der Waals surface area contributed by atoms with E-state index in [1.54, 1.807) is 47.7 Å². The van der Waals surface area contributed by atoms with Gasteiger partial charge < -0.3 is 9.47 Å². The van der Waals surface area contributed by atoms with E-state index in [1.807, 2.05) is 13.0 Å². The summed E-state index contributed by atoms with van der Waals surface area (Å²) in [4.78, 5) is 31.1. The number of imidazole rings is 1. The smallest absolute Gasteiger partial charge is 0.329 e. The number of anilines is 2. The fourth-order valence-corrected chi connectivity index (χ4v) is 4.16. The Hall–Kier alpha value is -2.84. The third-order valence-corrected chi connectivity index (χ3v) is 5.74. The Bertz CT molecular complexity index is 1160. The average Bonchev–Trinajstić information content (AvgIpc) is 2.99. The number of fused-ring (bicyclic) bond motifs is 1. The first-order valence-electron chi connectivity index (χ1n) is 9.71. The SMILES string of the molecule is COc1ccc(N(C(=O)Cl)c2cc3c(cn2)n(C)c(=O)n3C2CCOCC2)c(C)c1. The Kier molecular flexibility index (Phi) is 5.53. The summed E-state index contributed by atoms with van der Waals surface area (Å²) in [5.74, 6) is 1.03. The second-order valence-corrected chi connectivity index (χ2v) is 7.65. The second-order valence-electron chi connectivity index (χ2n) is 7.33. The van der Waals surface area contributed by atoms with Crippen molar-refractivity contribution in [2.75, 3.05) is 25.2 Å². The van der Waals surface area contributed by atoms with Gasteiger partial charge in [0.15, 0.2) is 0 Å². The minimum Gasteiger partial charge on any atom is -0.497 e. The number of ether oxygens (including phenoxy) is 2. The number of hydrogen-bond donors (Lipinski definition) is 0. The van der Waals surface area contributed by atoms with Crippen molar-refractivity contribution in [3.8, 4) is 5.75 Å². The van der Waals surface area contributed by atoms with Crippen LogP contribution in [0.5, 0.6) is 5.75 Å². The molecule has 1 saturated heterocycles. The Balaban J connectivity index is 1.87. The monoisotopic (exact) mass is 430 g/mol. The molecule has 8 nitrogen and oxygen atoms in total. The summed E-state index contributed by atoms with van der Waals surface area (Å²) in [6, 6.07) is 7.12. The number of amides is 1. The zero-order valence-corrected chi connectivity index (χ0v) is 17.8. The highest BCUT2D eigenvalue weighted by Crippen LogP contribution is 2.33. The van der Waals surface area contributed by atoms with E-state index in [4.69, 9.17) is 21.1 Å². The lowest BCUT2D eigenvalue weighted by Crippen LogP contribution is -2.29. The van der Waals surface area contributed by atoms with Gasteiger partial charge in [-0.1, -0.05) is 0 Å². The standard InChI is InChI=1S/C21H23ClN4O4/c1-13-10-15(29-3)4-5-16(13)26(20(22)27)19-11-17-18(12-23-19)24(2)21(28)25(17)14-6-8-30-9-7-14/h4-5,10-12,14H,6-9H2,1-3H3. The molecule has 0 spiro atoms. The Labute approximate surface area is 178 Å². The van der Waals surface area contributed by atoms with Gasteiger partial charge >= 0.3 is 11.1 Å². The second kappa shape index (κ2) is 8.12.